The summed E-state index contributed by atoms with van der Waals surface area (Å²) in [5.74, 6) is 0.864. The first kappa shape index (κ1) is 12.8. The molecule has 1 aliphatic carbocycles. The van der Waals surface area contributed by atoms with Gasteiger partial charge in [-0.1, -0.05) is 0 Å². The van der Waals surface area contributed by atoms with Crippen molar-refractivity contribution in [1.82, 2.24) is 9.88 Å². The van der Waals surface area contributed by atoms with Crippen molar-refractivity contribution in [3.05, 3.63) is 11.1 Å². The highest BCUT2D eigenvalue weighted by molar-refractivity contribution is 7.13. The first-order valence-electron chi connectivity index (χ1n) is 6.13. The van der Waals surface area contributed by atoms with Gasteiger partial charge in [0.05, 0.1) is 12.3 Å². The Bertz CT molecular complexity index is 351. The van der Waals surface area contributed by atoms with Crippen LogP contribution in [0.1, 0.15) is 25.5 Å². The van der Waals surface area contributed by atoms with Crippen molar-refractivity contribution in [1.29, 1.82) is 0 Å². The molecule has 1 heterocycles. The number of anilines is 1. The molecule has 2 rings (SSSR count). The van der Waals surface area contributed by atoms with Gasteiger partial charge in [0, 0.05) is 31.6 Å². The second-order valence-electron chi connectivity index (χ2n) is 4.72. The van der Waals surface area contributed by atoms with Gasteiger partial charge in [-0.25, -0.2) is 4.98 Å². The predicted octanol–water partition coefficient (Wildman–Crippen LogP) is 1.97. The van der Waals surface area contributed by atoms with Crippen molar-refractivity contribution < 1.29 is 4.74 Å². The summed E-state index contributed by atoms with van der Waals surface area (Å²) in [7, 11) is 1.75. The first-order chi connectivity index (χ1) is 8.20. The average molecular weight is 255 g/mol. The van der Waals surface area contributed by atoms with Crippen LogP contribution in [0.15, 0.2) is 5.38 Å². The molecule has 0 amide bonds. The maximum Gasteiger partial charge on any atom is 0.180 e. The van der Waals surface area contributed by atoms with E-state index in [2.05, 4.69) is 22.2 Å². The van der Waals surface area contributed by atoms with Gasteiger partial charge in [0.1, 0.15) is 0 Å². The number of methoxy groups -OCH3 is 1. The van der Waals surface area contributed by atoms with E-state index in [0.29, 0.717) is 11.2 Å². The Hall–Kier alpha value is -0.650. The van der Waals surface area contributed by atoms with Crippen LogP contribution in [0.4, 0.5) is 5.13 Å². The Balaban J connectivity index is 1.93. The summed E-state index contributed by atoms with van der Waals surface area (Å²) in [4.78, 5) is 6.79. The number of nitrogen functional groups attached to an aromatic ring is 1. The third kappa shape index (κ3) is 3.66. The Morgan fingerprint density at radius 2 is 2.41 bits per heavy atom. The lowest BCUT2D eigenvalue weighted by Crippen LogP contribution is -2.36. The van der Waals surface area contributed by atoms with Crippen molar-refractivity contribution in [3.8, 4) is 0 Å². The topological polar surface area (TPSA) is 51.4 Å². The lowest BCUT2D eigenvalue weighted by atomic mass is 10.2. The van der Waals surface area contributed by atoms with Gasteiger partial charge < -0.3 is 10.5 Å². The number of hydrogen-bond donors (Lipinski definition) is 1. The zero-order valence-electron chi connectivity index (χ0n) is 10.6. The van der Waals surface area contributed by atoms with Gasteiger partial charge in [0.25, 0.3) is 0 Å². The van der Waals surface area contributed by atoms with Crippen LogP contribution >= 0.6 is 11.3 Å². The molecule has 0 radical (unpaired) electrons. The highest BCUT2D eigenvalue weighted by Gasteiger charge is 2.31. The lowest BCUT2D eigenvalue weighted by molar-refractivity contribution is 0.111. The SMILES string of the molecule is COCCN(Cc1csc(N)n1)C(C)C1CC1. The Morgan fingerprint density at radius 3 is 2.94 bits per heavy atom. The summed E-state index contributed by atoms with van der Waals surface area (Å²) in [6.07, 6.45) is 2.73. The smallest absolute Gasteiger partial charge is 0.180 e. The molecular weight excluding hydrogens is 234 g/mol. The molecule has 1 fully saturated rings. The van der Waals surface area contributed by atoms with E-state index >= 15 is 0 Å². The van der Waals surface area contributed by atoms with Crippen LogP contribution < -0.4 is 5.73 Å². The van der Waals surface area contributed by atoms with Crippen LogP contribution in [0, 0.1) is 5.92 Å². The molecular formula is C12H21N3OS. The Kier molecular flexibility index (Phi) is 4.36. The largest absolute Gasteiger partial charge is 0.383 e. The van der Waals surface area contributed by atoms with E-state index in [0.717, 1.165) is 31.3 Å². The summed E-state index contributed by atoms with van der Waals surface area (Å²) >= 11 is 1.51. The van der Waals surface area contributed by atoms with Crippen LogP contribution in [0.3, 0.4) is 0 Å². The minimum atomic E-state index is 0.619. The number of ether oxygens (including phenoxy) is 1. The van der Waals surface area contributed by atoms with Crippen LogP contribution in [0.25, 0.3) is 0 Å². The molecule has 0 saturated heterocycles. The van der Waals surface area contributed by atoms with Crippen molar-refractivity contribution in [2.75, 3.05) is 26.0 Å². The molecule has 1 unspecified atom stereocenters. The Labute approximate surface area is 107 Å². The van der Waals surface area contributed by atoms with Gasteiger partial charge in [-0.2, -0.15) is 0 Å². The maximum absolute atomic E-state index is 5.67. The van der Waals surface area contributed by atoms with Gasteiger partial charge in [0.2, 0.25) is 0 Å². The second kappa shape index (κ2) is 5.80. The third-order valence-electron chi connectivity index (χ3n) is 3.40. The fourth-order valence-electron chi connectivity index (χ4n) is 2.12. The molecule has 1 aromatic rings. The molecule has 96 valence electrons. The van der Waals surface area contributed by atoms with Gasteiger partial charge >= 0.3 is 0 Å². The number of nitrogens with two attached hydrogens (primary N) is 1. The molecule has 0 aliphatic heterocycles. The molecule has 5 heteroatoms. The monoisotopic (exact) mass is 255 g/mol. The lowest BCUT2D eigenvalue weighted by Gasteiger charge is -2.28. The van der Waals surface area contributed by atoms with Crippen molar-refractivity contribution in [2.24, 2.45) is 5.92 Å². The molecule has 4 nitrogen and oxygen atoms in total. The molecule has 1 aromatic heterocycles. The summed E-state index contributed by atoms with van der Waals surface area (Å²) in [5.41, 5.74) is 6.75. The summed E-state index contributed by atoms with van der Waals surface area (Å²) in [6.45, 7) is 4.93. The van der Waals surface area contributed by atoms with E-state index in [1.165, 1.54) is 24.2 Å². The molecule has 0 aromatic carbocycles. The van der Waals surface area contributed by atoms with Gasteiger partial charge in [-0.05, 0) is 25.7 Å². The van der Waals surface area contributed by atoms with Crippen molar-refractivity contribution >= 4 is 16.5 Å². The molecule has 1 atom stereocenters. The van der Waals surface area contributed by atoms with Crippen molar-refractivity contribution in [3.63, 3.8) is 0 Å². The fraction of sp³-hybridized carbons (Fsp3) is 0.750. The zero-order valence-corrected chi connectivity index (χ0v) is 11.4. The van der Waals surface area contributed by atoms with Gasteiger partial charge in [-0.3, -0.25) is 4.90 Å². The first-order valence-corrected chi connectivity index (χ1v) is 7.01. The van der Waals surface area contributed by atoms with Gasteiger partial charge in [-0.15, -0.1) is 11.3 Å². The van der Waals surface area contributed by atoms with E-state index in [-0.39, 0.29) is 0 Å². The minimum Gasteiger partial charge on any atom is -0.383 e. The third-order valence-corrected chi connectivity index (χ3v) is 4.12. The normalized spacial score (nSPS) is 17.6. The van der Waals surface area contributed by atoms with E-state index in [9.17, 15) is 0 Å². The number of thiazole rings is 1. The highest BCUT2D eigenvalue weighted by atomic mass is 32.1. The molecule has 0 spiro atoms. The molecule has 2 N–H and O–H groups in total. The predicted molar refractivity (Wildman–Crippen MR) is 71.0 cm³/mol. The molecule has 0 bridgehead atoms. The maximum atomic E-state index is 5.67. The number of nitrogens with zero attached hydrogens (tertiary/aromatic N) is 2. The summed E-state index contributed by atoms with van der Waals surface area (Å²) in [6, 6.07) is 0.619. The quantitative estimate of drug-likeness (QED) is 0.809. The van der Waals surface area contributed by atoms with Crippen LogP contribution in [-0.2, 0) is 11.3 Å². The summed E-state index contributed by atoms with van der Waals surface area (Å²) < 4.78 is 5.18. The molecule has 17 heavy (non-hydrogen) atoms. The molecule has 1 aliphatic rings. The molecule has 1 saturated carbocycles. The van der Waals surface area contributed by atoms with Crippen LogP contribution in [-0.4, -0.2) is 36.2 Å². The zero-order chi connectivity index (χ0) is 12.3. The number of aromatic nitrogens is 1. The minimum absolute atomic E-state index is 0.619. The number of rotatable bonds is 7. The van der Waals surface area contributed by atoms with Crippen LogP contribution in [0.2, 0.25) is 0 Å². The van der Waals surface area contributed by atoms with E-state index in [1.54, 1.807) is 7.11 Å². The number of hydrogen-bond acceptors (Lipinski definition) is 5. The van der Waals surface area contributed by atoms with E-state index in [4.69, 9.17) is 10.5 Å². The summed E-state index contributed by atoms with van der Waals surface area (Å²) in [5, 5.41) is 2.71. The second-order valence-corrected chi connectivity index (χ2v) is 5.61. The van der Waals surface area contributed by atoms with Gasteiger partial charge in [0.15, 0.2) is 5.13 Å². The van der Waals surface area contributed by atoms with E-state index in [1.807, 2.05) is 0 Å². The van der Waals surface area contributed by atoms with Crippen molar-refractivity contribution in [2.45, 2.75) is 32.4 Å². The van der Waals surface area contributed by atoms with Crippen LogP contribution in [0.5, 0.6) is 0 Å². The highest BCUT2D eigenvalue weighted by Crippen LogP contribution is 2.35. The Morgan fingerprint density at radius 1 is 1.65 bits per heavy atom. The standard InChI is InChI=1S/C12H21N3OS/c1-9(10-3-4-10)15(5-6-16-2)7-11-8-17-12(13)14-11/h8-10H,3-7H2,1-2H3,(H2,13,14). The fourth-order valence-corrected chi connectivity index (χ4v) is 2.67. The van der Waals surface area contributed by atoms with E-state index < -0.39 is 0 Å². The average Bonchev–Trinajstić information content (AvgIpc) is 3.08.